The lowest BCUT2D eigenvalue weighted by Gasteiger charge is -2.21. The zero-order valence-electron chi connectivity index (χ0n) is 24.3. The van der Waals surface area contributed by atoms with Crippen molar-refractivity contribution in [3.05, 3.63) is 132 Å². The monoisotopic (exact) mass is 562 g/mol. The summed E-state index contributed by atoms with van der Waals surface area (Å²) in [6.45, 7) is 4.64. The lowest BCUT2D eigenvalue weighted by Crippen LogP contribution is -2.14. The van der Waals surface area contributed by atoms with E-state index in [0.717, 1.165) is 59.9 Å². The van der Waals surface area contributed by atoms with Crippen molar-refractivity contribution < 1.29 is 4.42 Å². The van der Waals surface area contributed by atoms with Crippen molar-refractivity contribution >= 4 is 76.3 Å². The van der Waals surface area contributed by atoms with E-state index >= 15 is 0 Å². The molecule has 0 aliphatic heterocycles. The van der Waals surface area contributed by atoms with E-state index in [1.165, 1.54) is 33.0 Å². The van der Waals surface area contributed by atoms with Gasteiger partial charge in [0.25, 0.3) is 0 Å². The first-order chi connectivity index (χ1) is 21.6. The summed E-state index contributed by atoms with van der Waals surface area (Å²) >= 11 is 0. The van der Waals surface area contributed by atoms with Crippen LogP contribution in [0.15, 0.2) is 126 Å². The molecule has 0 radical (unpaired) electrons. The fraction of sp³-hybridized carbons (Fsp3) is 0.0732. The zero-order valence-corrected chi connectivity index (χ0v) is 24.3. The van der Waals surface area contributed by atoms with Crippen molar-refractivity contribution in [3.63, 3.8) is 0 Å². The van der Waals surface area contributed by atoms with Crippen molar-refractivity contribution in [1.29, 1.82) is 0 Å². The quantitative estimate of drug-likeness (QED) is 0.184. The first kappa shape index (κ1) is 24.0. The second kappa shape index (κ2) is 8.30. The Labute approximate surface area is 253 Å². The minimum atomic E-state index is -0.120. The minimum absolute atomic E-state index is 0.120. The van der Waals surface area contributed by atoms with Crippen molar-refractivity contribution in [1.82, 2.24) is 9.97 Å². The Hall–Kier alpha value is -5.54. The standard InChI is InChI=1S/C41H26N2O/c1-41(2)32-15-6-5-13-28(32)37-33(41)19-18-30-38-25-10-7-9-23(21-25)26-11-3-4-12-27(26)24-17-20-34-31(22-24)36-29(14-8-16-35(36)44-34)40(42-38)43-39(30)37/h3-22H,1-2H3. The summed E-state index contributed by atoms with van der Waals surface area (Å²) in [6.07, 6.45) is 0. The largest absolute Gasteiger partial charge is 0.456 e. The summed E-state index contributed by atoms with van der Waals surface area (Å²) in [6, 6.07) is 43.6. The van der Waals surface area contributed by atoms with Crippen LogP contribution in [-0.4, -0.2) is 9.97 Å². The number of furan rings is 1. The molecule has 9 aromatic rings. The molecule has 6 aromatic carbocycles. The van der Waals surface area contributed by atoms with E-state index < -0.39 is 0 Å². The topological polar surface area (TPSA) is 38.9 Å². The molecular weight excluding hydrogens is 536 g/mol. The Kier molecular flexibility index (Phi) is 4.52. The Morgan fingerprint density at radius 2 is 1.23 bits per heavy atom. The Bertz CT molecular complexity index is 2750. The molecule has 3 heteroatoms. The van der Waals surface area contributed by atoms with Crippen LogP contribution < -0.4 is 0 Å². The van der Waals surface area contributed by atoms with Crippen LogP contribution in [-0.2, 0) is 5.41 Å². The summed E-state index contributed by atoms with van der Waals surface area (Å²) in [4.78, 5) is 10.8. The van der Waals surface area contributed by atoms with Crippen molar-refractivity contribution in [3.8, 4) is 11.1 Å². The molecule has 0 atom stereocenters. The van der Waals surface area contributed by atoms with E-state index in [1.54, 1.807) is 0 Å². The Balaban J connectivity index is 1.54. The predicted octanol–water partition coefficient (Wildman–Crippen LogP) is 11.0. The minimum Gasteiger partial charge on any atom is -0.456 e. The van der Waals surface area contributed by atoms with Crippen LogP contribution in [0.25, 0.3) is 87.4 Å². The van der Waals surface area contributed by atoms with Crippen molar-refractivity contribution in [2.45, 2.75) is 19.3 Å². The van der Waals surface area contributed by atoms with Gasteiger partial charge in [0.1, 0.15) is 11.2 Å². The number of rotatable bonds is 0. The van der Waals surface area contributed by atoms with Crippen LogP contribution in [0.5, 0.6) is 0 Å². The molecule has 0 fully saturated rings. The Morgan fingerprint density at radius 3 is 2.11 bits per heavy atom. The van der Waals surface area contributed by atoms with E-state index in [0.29, 0.717) is 5.65 Å². The predicted molar refractivity (Wildman–Crippen MR) is 183 cm³/mol. The lowest BCUT2D eigenvalue weighted by molar-refractivity contribution is 0.661. The number of nitrogens with zero attached hydrogens (tertiary/aromatic N) is 2. The summed E-state index contributed by atoms with van der Waals surface area (Å²) in [5.74, 6) is 0. The molecule has 0 spiro atoms. The second-order valence-corrected chi connectivity index (χ2v) is 12.6. The van der Waals surface area contributed by atoms with Crippen LogP contribution in [0.3, 0.4) is 0 Å². The number of hydrogen-bond acceptors (Lipinski definition) is 3. The molecule has 0 unspecified atom stereocenters. The molecule has 0 saturated carbocycles. The van der Waals surface area contributed by atoms with Crippen LogP contribution in [0, 0.1) is 0 Å². The number of benzene rings is 6. The smallest absolute Gasteiger partial charge is 0.161 e. The van der Waals surface area contributed by atoms with E-state index in [-0.39, 0.29) is 5.41 Å². The molecule has 0 N–H and O–H groups in total. The molecule has 1 aliphatic rings. The zero-order chi connectivity index (χ0) is 29.2. The highest BCUT2D eigenvalue weighted by Gasteiger charge is 2.36. The average Bonchev–Trinajstić information content (AvgIpc) is 3.56. The third-order valence-electron chi connectivity index (χ3n) is 9.83. The molecule has 3 heterocycles. The maximum absolute atomic E-state index is 6.43. The molecule has 3 aromatic heterocycles. The van der Waals surface area contributed by atoms with Gasteiger partial charge >= 0.3 is 0 Å². The van der Waals surface area contributed by atoms with Crippen LogP contribution >= 0.6 is 0 Å². The second-order valence-electron chi connectivity index (χ2n) is 12.6. The first-order valence-corrected chi connectivity index (χ1v) is 15.2. The van der Waals surface area contributed by atoms with Crippen LogP contribution in [0.4, 0.5) is 0 Å². The van der Waals surface area contributed by atoms with Gasteiger partial charge in [0, 0.05) is 37.9 Å². The van der Waals surface area contributed by atoms with Gasteiger partial charge in [-0.05, 0) is 62.5 Å². The highest BCUT2D eigenvalue weighted by atomic mass is 16.3. The average molecular weight is 563 g/mol. The van der Waals surface area contributed by atoms with E-state index in [2.05, 4.69) is 129 Å². The molecule has 206 valence electrons. The lowest BCUT2D eigenvalue weighted by atomic mass is 9.82. The number of hydrogen-bond donors (Lipinski definition) is 0. The van der Waals surface area contributed by atoms with Crippen molar-refractivity contribution in [2.24, 2.45) is 0 Å². The van der Waals surface area contributed by atoms with Gasteiger partial charge in [0.2, 0.25) is 0 Å². The highest BCUT2D eigenvalue weighted by Crippen LogP contribution is 2.51. The molecule has 1 aliphatic carbocycles. The van der Waals surface area contributed by atoms with Gasteiger partial charge in [0.05, 0.1) is 11.0 Å². The van der Waals surface area contributed by atoms with Gasteiger partial charge in [0.15, 0.2) is 5.65 Å². The molecule has 44 heavy (non-hydrogen) atoms. The summed E-state index contributed by atoms with van der Waals surface area (Å²) in [5, 5.41) is 9.94. The van der Waals surface area contributed by atoms with Crippen LogP contribution in [0.2, 0.25) is 0 Å². The summed E-state index contributed by atoms with van der Waals surface area (Å²) in [7, 11) is 0. The van der Waals surface area contributed by atoms with E-state index in [1.807, 2.05) is 6.07 Å². The number of fused-ring (bicyclic) bond motifs is 16. The van der Waals surface area contributed by atoms with Gasteiger partial charge in [-0.25, -0.2) is 9.97 Å². The van der Waals surface area contributed by atoms with E-state index in [9.17, 15) is 0 Å². The fourth-order valence-corrected chi connectivity index (χ4v) is 7.72. The maximum Gasteiger partial charge on any atom is 0.161 e. The third kappa shape index (κ3) is 3.06. The summed E-state index contributed by atoms with van der Waals surface area (Å²) < 4.78 is 6.43. The van der Waals surface area contributed by atoms with Crippen LogP contribution in [0.1, 0.15) is 25.0 Å². The first-order valence-electron chi connectivity index (χ1n) is 15.2. The van der Waals surface area contributed by atoms with Gasteiger partial charge in [-0.1, -0.05) is 111 Å². The third-order valence-corrected chi connectivity index (χ3v) is 9.83. The molecule has 10 rings (SSSR count). The Morgan fingerprint density at radius 1 is 0.500 bits per heavy atom. The highest BCUT2D eigenvalue weighted by molar-refractivity contribution is 6.21. The summed E-state index contributed by atoms with van der Waals surface area (Å²) in [5.41, 5.74) is 9.34. The van der Waals surface area contributed by atoms with Crippen molar-refractivity contribution in [2.75, 3.05) is 0 Å². The van der Waals surface area contributed by atoms with Gasteiger partial charge in [-0.2, -0.15) is 0 Å². The molecular formula is C41H26N2O. The SMILES string of the molecule is CC1(C)c2ccccc2-c2c1ccc1c2nc2nc1c1cccc(c1)c1ccccc1c1ccc3oc4cccc2c4c3c1. The molecule has 0 saturated heterocycles. The number of aromatic nitrogens is 2. The van der Waals surface area contributed by atoms with Gasteiger partial charge in [-0.3, -0.25) is 0 Å². The van der Waals surface area contributed by atoms with Gasteiger partial charge in [-0.15, -0.1) is 0 Å². The molecule has 3 nitrogen and oxygen atoms in total. The van der Waals surface area contributed by atoms with E-state index in [4.69, 9.17) is 14.4 Å². The normalized spacial score (nSPS) is 13.9. The molecule has 0 amide bonds. The maximum atomic E-state index is 6.43. The fourth-order valence-electron chi connectivity index (χ4n) is 7.72. The molecule has 6 bridgehead atoms. The van der Waals surface area contributed by atoms with Gasteiger partial charge < -0.3 is 4.42 Å².